The molecule has 0 fully saturated rings. The first kappa shape index (κ1) is 13.5. The first-order valence-electron chi connectivity index (χ1n) is 6.57. The molecule has 1 aromatic heterocycles. The minimum absolute atomic E-state index is 0.684. The second-order valence-electron chi connectivity index (χ2n) is 4.69. The van der Waals surface area contributed by atoms with Gasteiger partial charge in [-0.2, -0.15) is 0 Å². The van der Waals surface area contributed by atoms with E-state index in [-0.39, 0.29) is 0 Å². The second-order valence-corrected chi connectivity index (χ2v) is 5.54. The van der Waals surface area contributed by atoms with E-state index in [1.165, 1.54) is 0 Å². The Hall–Kier alpha value is -1.51. The normalized spacial score (nSPS) is 11.2. The Morgan fingerprint density at radius 2 is 1.90 bits per heavy atom. The molecule has 0 bridgehead atoms. The molecule has 1 heterocycles. The molecular weight excluding hydrogens is 291 g/mol. The molecule has 2 nitrogen and oxygen atoms in total. The van der Waals surface area contributed by atoms with Crippen molar-refractivity contribution in [2.45, 2.75) is 19.9 Å². The summed E-state index contributed by atoms with van der Waals surface area (Å²) < 4.78 is 2.20. The van der Waals surface area contributed by atoms with Gasteiger partial charge < -0.3 is 4.57 Å². The molecule has 3 rings (SSSR count). The Kier molecular flexibility index (Phi) is 3.68. The third-order valence-electron chi connectivity index (χ3n) is 3.39. The summed E-state index contributed by atoms with van der Waals surface area (Å²) in [5.74, 6) is 1.06. The van der Waals surface area contributed by atoms with Crippen molar-refractivity contribution in [3.63, 3.8) is 0 Å². The van der Waals surface area contributed by atoms with Gasteiger partial charge >= 0.3 is 0 Å². The van der Waals surface area contributed by atoms with Crippen LogP contribution in [0.5, 0.6) is 0 Å². The lowest BCUT2D eigenvalue weighted by Crippen LogP contribution is -2.04. The Balaban J connectivity index is 2.12. The summed E-state index contributed by atoms with van der Waals surface area (Å²) in [6.45, 7) is 2.79. The number of aryl methyl sites for hydroxylation is 1. The van der Waals surface area contributed by atoms with E-state index in [4.69, 9.17) is 23.2 Å². The lowest BCUT2D eigenvalue weighted by atomic mass is 10.2. The maximum atomic E-state index is 6.27. The largest absolute Gasteiger partial charge is 0.323 e. The summed E-state index contributed by atoms with van der Waals surface area (Å²) >= 11 is 12.3. The number of benzene rings is 2. The van der Waals surface area contributed by atoms with Gasteiger partial charge in [-0.25, -0.2) is 4.98 Å². The highest BCUT2D eigenvalue weighted by atomic mass is 35.5. The van der Waals surface area contributed by atoms with Crippen molar-refractivity contribution in [3.05, 3.63) is 63.9 Å². The van der Waals surface area contributed by atoms with Crippen LogP contribution in [-0.4, -0.2) is 9.55 Å². The molecule has 0 saturated heterocycles. The fraction of sp³-hybridized carbons (Fsp3) is 0.188. The topological polar surface area (TPSA) is 17.8 Å². The first-order chi connectivity index (χ1) is 9.69. The highest BCUT2D eigenvalue weighted by Gasteiger charge is 2.11. The maximum absolute atomic E-state index is 6.27. The van der Waals surface area contributed by atoms with Gasteiger partial charge in [0.15, 0.2) is 0 Å². The SMILES string of the molecule is CCc1nc2ccccc2n1Cc1cc(Cl)ccc1Cl. The van der Waals surface area contributed by atoms with Crippen LogP contribution in [0.25, 0.3) is 11.0 Å². The van der Waals surface area contributed by atoms with Crippen LogP contribution in [0, 0.1) is 0 Å². The van der Waals surface area contributed by atoms with Crippen LogP contribution in [0.3, 0.4) is 0 Å². The molecule has 0 saturated carbocycles. The van der Waals surface area contributed by atoms with Crippen molar-refractivity contribution in [1.82, 2.24) is 9.55 Å². The van der Waals surface area contributed by atoms with Gasteiger partial charge in [0.25, 0.3) is 0 Å². The highest BCUT2D eigenvalue weighted by Crippen LogP contribution is 2.24. The van der Waals surface area contributed by atoms with Crippen LogP contribution in [-0.2, 0) is 13.0 Å². The van der Waals surface area contributed by atoms with E-state index in [1.807, 2.05) is 30.3 Å². The zero-order chi connectivity index (χ0) is 14.1. The summed E-state index contributed by atoms with van der Waals surface area (Å²) in [4.78, 5) is 4.67. The van der Waals surface area contributed by atoms with Crippen molar-refractivity contribution >= 4 is 34.2 Å². The third-order valence-corrected chi connectivity index (χ3v) is 3.99. The lowest BCUT2D eigenvalue weighted by molar-refractivity contribution is 0.753. The molecule has 20 heavy (non-hydrogen) atoms. The first-order valence-corrected chi connectivity index (χ1v) is 7.32. The van der Waals surface area contributed by atoms with E-state index >= 15 is 0 Å². The van der Waals surface area contributed by atoms with Gasteiger partial charge in [-0.3, -0.25) is 0 Å². The zero-order valence-electron chi connectivity index (χ0n) is 11.1. The number of hydrogen-bond acceptors (Lipinski definition) is 1. The maximum Gasteiger partial charge on any atom is 0.109 e. The van der Waals surface area contributed by atoms with Crippen molar-refractivity contribution in [3.8, 4) is 0 Å². The second kappa shape index (κ2) is 5.47. The van der Waals surface area contributed by atoms with Crippen molar-refractivity contribution in [2.24, 2.45) is 0 Å². The average molecular weight is 305 g/mol. The van der Waals surface area contributed by atoms with Crippen LogP contribution in [0.1, 0.15) is 18.3 Å². The van der Waals surface area contributed by atoms with E-state index in [0.717, 1.165) is 33.9 Å². The van der Waals surface area contributed by atoms with E-state index in [1.54, 1.807) is 6.07 Å². The quantitative estimate of drug-likeness (QED) is 0.669. The fourth-order valence-corrected chi connectivity index (χ4v) is 2.78. The smallest absolute Gasteiger partial charge is 0.109 e. The molecule has 0 unspecified atom stereocenters. The number of para-hydroxylation sites is 2. The molecule has 0 atom stereocenters. The predicted molar refractivity (Wildman–Crippen MR) is 84.7 cm³/mol. The van der Waals surface area contributed by atoms with Gasteiger partial charge in [0.05, 0.1) is 17.6 Å². The molecular formula is C16H14Cl2N2. The minimum Gasteiger partial charge on any atom is -0.323 e. The molecule has 0 aliphatic carbocycles. The molecule has 102 valence electrons. The van der Waals surface area contributed by atoms with E-state index in [2.05, 4.69) is 22.5 Å². The van der Waals surface area contributed by atoms with Gasteiger partial charge in [-0.05, 0) is 35.9 Å². The highest BCUT2D eigenvalue weighted by molar-refractivity contribution is 6.33. The zero-order valence-corrected chi connectivity index (χ0v) is 12.6. The average Bonchev–Trinajstić information content (AvgIpc) is 2.81. The molecule has 0 aliphatic rings. The number of aromatic nitrogens is 2. The Morgan fingerprint density at radius 1 is 1.10 bits per heavy atom. The van der Waals surface area contributed by atoms with Crippen molar-refractivity contribution < 1.29 is 0 Å². The van der Waals surface area contributed by atoms with E-state index in [0.29, 0.717) is 11.6 Å². The van der Waals surface area contributed by atoms with Crippen LogP contribution in [0.2, 0.25) is 10.0 Å². The summed E-state index contributed by atoms with van der Waals surface area (Å²) in [6.07, 6.45) is 0.882. The van der Waals surface area contributed by atoms with Crippen molar-refractivity contribution in [2.75, 3.05) is 0 Å². The van der Waals surface area contributed by atoms with Crippen LogP contribution < -0.4 is 0 Å². The fourth-order valence-electron chi connectivity index (χ4n) is 2.41. The summed E-state index contributed by atoms with van der Waals surface area (Å²) in [5, 5.41) is 1.43. The molecule has 3 aromatic rings. The Bertz CT molecular complexity index is 762. The van der Waals surface area contributed by atoms with Gasteiger partial charge in [0, 0.05) is 16.5 Å². The van der Waals surface area contributed by atoms with Gasteiger partial charge in [0.1, 0.15) is 5.82 Å². The van der Waals surface area contributed by atoms with Crippen LogP contribution in [0.4, 0.5) is 0 Å². The van der Waals surface area contributed by atoms with Crippen molar-refractivity contribution in [1.29, 1.82) is 0 Å². The molecule has 0 spiro atoms. The molecule has 0 amide bonds. The van der Waals surface area contributed by atoms with Crippen LogP contribution >= 0.6 is 23.2 Å². The number of rotatable bonds is 3. The van der Waals surface area contributed by atoms with Gasteiger partial charge in [-0.15, -0.1) is 0 Å². The molecule has 0 aliphatic heterocycles. The summed E-state index contributed by atoms with van der Waals surface area (Å²) in [6, 6.07) is 13.7. The lowest BCUT2D eigenvalue weighted by Gasteiger charge is -2.10. The standard InChI is InChI=1S/C16H14Cl2N2/c1-2-16-19-14-5-3-4-6-15(14)20(16)10-11-9-12(17)7-8-13(11)18/h3-9H,2,10H2,1H3. The number of imidazole rings is 1. The Morgan fingerprint density at radius 3 is 2.70 bits per heavy atom. The predicted octanol–water partition coefficient (Wildman–Crippen LogP) is 4.95. The molecule has 0 radical (unpaired) electrons. The minimum atomic E-state index is 0.684. The van der Waals surface area contributed by atoms with Gasteiger partial charge in [-0.1, -0.05) is 42.3 Å². The number of hydrogen-bond donors (Lipinski definition) is 0. The van der Waals surface area contributed by atoms with E-state index in [9.17, 15) is 0 Å². The van der Waals surface area contributed by atoms with E-state index < -0.39 is 0 Å². The summed E-state index contributed by atoms with van der Waals surface area (Å²) in [7, 11) is 0. The molecule has 4 heteroatoms. The van der Waals surface area contributed by atoms with Crippen LogP contribution in [0.15, 0.2) is 42.5 Å². The number of nitrogens with zero attached hydrogens (tertiary/aromatic N) is 2. The molecule has 2 aromatic carbocycles. The Labute approximate surface area is 128 Å². The number of fused-ring (bicyclic) bond motifs is 1. The van der Waals surface area contributed by atoms with Gasteiger partial charge in [0.2, 0.25) is 0 Å². The molecule has 0 N–H and O–H groups in total. The summed E-state index contributed by atoms with van der Waals surface area (Å²) in [5.41, 5.74) is 3.15. The third kappa shape index (κ3) is 2.41. The number of halogens is 2. The monoisotopic (exact) mass is 304 g/mol.